The van der Waals surface area contributed by atoms with Crippen molar-refractivity contribution in [2.75, 3.05) is 6.79 Å². The number of nitrogens with one attached hydrogen (secondary N) is 1. The van der Waals surface area contributed by atoms with Gasteiger partial charge in [-0.25, -0.2) is 8.78 Å². The number of halogens is 2. The molecule has 1 heterocycles. The summed E-state index contributed by atoms with van der Waals surface area (Å²) in [5, 5.41) is 2.63. The average molecular weight is 291 g/mol. The van der Waals surface area contributed by atoms with Gasteiger partial charge in [0.05, 0.1) is 0 Å². The van der Waals surface area contributed by atoms with E-state index in [1.54, 1.807) is 18.2 Å². The van der Waals surface area contributed by atoms with Gasteiger partial charge in [0.25, 0.3) is 5.91 Å². The maximum Gasteiger partial charge on any atom is 0.251 e. The number of fused-ring (bicyclic) bond motifs is 1. The predicted octanol–water partition coefficient (Wildman–Crippen LogP) is 2.62. The first-order chi connectivity index (χ1) is 10.1. The Hall–Kier alpha value is -2.63. The fraction of sp³-hybridized carbons (Fsp3) is 0.133. The van der Waals surface area contributed by atoms with Crippen molar-refractivity contribution in [1.29, 1.82) is 0 Å². The van der Waals surface area contributed by atoms with Crippen molar-refractivity contribution in [3.8, 4) is 11.5 Å². The van der Waals surface area contributed by atoms with E-state index in [4.69, 9.17) is 9.47 Å². The molecule has 0 fully saturated rings. The molecule has 108 valence electrons. The zero-order valence-corrected chi connectivity index (χ0v) is 10.9. The van der Waals surface area contributed by atoms with E-state index < -0.39 is 17.5 Å². The minimum absolute atomic E-state index is 0.0543. The molecule has 6 heteroatoms. The topological polar surface area (TPSA) is 47.6 Å². The molecule has 1 amide bonds. The van der Waals surface area contributed by atoms with Gasteiger partial charge in [-0.05, 0) is 24.3 Å². The Bertz CT molecular complexity index is 703. The number of amides is 1. The van der Waals surface area contributed by atoms with Crippen LogP contribution in [0.25, 0.3) is 0 Å². The highest BCUT2D eigenvalue weighted by atomic mass is 19.2. The van der Waals surface area contributed by atoms with E-state index in [0.717, 1.165) is 17.7 Å². The van der Waals surface area contributed by atoms with Gasteiger partial charge in [-0.2, -0.15) is 0 Å². The normalized spacial score (nSPS) is 12.3. The smallest absolute Gasteiger partial charge is 0.251 e. The summed E-state index contributed by atoms with van der Waals surface area (Å²) in [4.78, 5) is 11.9. The van der Waals surface area contributed by atoms with Gasteiger partial charge in [0, 0.05) is 17.7 Å². The molecule has 0 saturated heterocycles. The van der Waals surface area contributed by atoms with Crippen molar-refractivity contribution < 1.29 is 23.0 Å². The lowest BCUT2D eigenvalue weighted by Gasteiger charge is -2.08. The van der Waals surface area contributed by atoms with Gasteiger partial charge in [-0.15, -0.1) is 0 Å². The van der Waals surface area contributed by atoms with Crippen LogP contribution in [0.3, 0.4) is 0 Å². The zero-order chi connectivity index (χ0) is 14.8. The van der Waals surface area contributed by atoms with Crippen LogP contribution in [0.15, 0.2) is 36.4 Å². The molecule has 0 saturated carbocycles. The van der Waals surface area contributed by atoms with E-state index in [1.807, 2.05) is 0 Å². The number of carbonyl (C=O) groups is 1. The average Bonchev–Trinajstić information content (AvgIpc) is 2.96. The highest BCUT2D eigenvalue weighted by Gasteiger charge is 2.17. The number of hydrogen-bond acceptors (Lipinski definition) is 3. The molecule has 0 unspecified atom stereocenters. The molecule has 21 heavy (non-hydrogen) atoms. The van der Waals surface area contributed by atoms with Crippen LogP contribution in [0.2, 0.25) is 0 Å². The summed E-state index contributed by atoms with van der Waals surface area (Å²) in [6.45, 7) is 0.341. The minimum atomic E-state index is -1.06. The van der Waals surface area contributed by atoms with Crippen LogP contribution in [0.4, 0.5) is 8.78 Å². The van der Waals surface area contributed by atoms with Gasteiger partial charge < -0.3 is 14.8 Å². The first-order valence-corrected chi connectivity index (χ1v) is 6.26. The molecular formula is C15H11F2NO3. The van der Waals surface area contributed by atoms with Gasteiger partial charge in [-0.3, -0.25) is 4.79 Å². The maximum absolute atomic E-state index is 13.1. The van der Waals surface area contributed by atoms with E-state index in [2.05, 4.69) is 5.32 Å². The third-order valence-electron chi connectivity index (χ3n) is 3.10. The van der Waals surface area contributed by atoms with Crippen molar-refractivity contribution in [3.63, 3.8) is 0 Å². The number of benzene rings is 2. The molecule has 1 aliphatic rings. The number of para-hydroxylation sites is 1. The van der Waals surface area contributed by atoms with Crippen molar-refractivity contribution in [1.82, 2.24) is 5.32 Å². The molecule has 0 bridgehead atoms. The molecule has 0 atom stereocenters. The lowest BCUT2D eigenvalue weighted by molar-refractivity contribution is 0.0950. The van der Waals surface area contributed by atoms with Crippen LogP contribution >= 0.6 is 0 Å². The SMILES string of the molecule is O=C(NCc1cccc2c1OCO2)c1ccc(F)c(F)c1. The number of ether oxygens (including phenoxy) is 2. The lowest BCUT2D eigenvalue weighted by Crippen LogP contribution is -2.23. The predicted molar refractivity (Wildman–Crippen MR) is 70.1 cm³/mol. The zero-order valence-electron chi connectivity index (χ0n) is 10.9. The Morgan fingerprint density at radius 2 is 2.00 bits per heavy atom. The summed E-state index contributed by atoms with van der Waals surface area (Å²) in [5.74, 6) is -1.33. The largest absolute Gasteiger partial charge is 0.454 e. The van der Waals surface area contributed by atoms with Crippen LogP contribution in [0, 0.1) is 11.6 Å². The molecule has 4 nitrogen and oxygen atoms in total. The number of carbonyl (C=O) groups excluding carboxylic acids is 1. The second-order valence-electron chi connectivity index (χ2n) is 4.46. The van der Waals surface area contributed by atoms with Gasteiger partial charge in [0.2, 0.25) is 6.79 Å². The molecule has 0 aliphatic carbocycles. The van der Waals surface area contributed by atoms with Crippen molar-refractivity contribution in [3.05, 3.63) is 59.2 Å². The molecule has 0 spiro atoms. The van der Waals surface area contributed by atoms with Crippen LogP contribution in [-0.2, 0) is 6.54 Å². The summed E-state index contributed by atoms with van der Waals surface area (Å²) in [7, 11) is 0. The van der Waals surface area contributed by atoms with Crippen LogP contribution in [0.1, 0.15) is 15.9 Å². The summed E-state index contributed by atoms with van der Waals surface area (Å²) in [6, 6.07) is 8.35. The third-order valence-corrected chi connectivity index (χ3v) is 3.10. The minimum Gasteiger partial charge on any atom is -0.454 e. The maximum atomic E-state index is 13.1. The standard InChI is InChI=1S/C15H11F2NO3/c16-11-5-4-9(6-12(11)17)15(19)18-7-10-2-1-3-13-14(10)21-8-20-13/h1-6H,7-8H2,(H,18,19). The van der Waals surface area contributed by atoms with Crippen molar-refractivity contribution in [2.24, 2.45) is 0 Å². The summed E-state index contributed by atoms with van der Waals surface area (Å²) in [5.41, 5.74) is 0.805. The third kappa shape index (κ3) is 2.65. The van der Waals surface area contributed by atoms with Gasteiger partial charge in [0.1, 0.15) is 0 Å². The van der Waals surface area contributed by atoms with Crippen LogP contribution < -0.4 is 14.8 Å². The lowest BCUT2D eigenvalue weighted by atomic mass is 10.1. The Morgan fingerprint density at radius 3 is 2.81 bits per heavy atom. The Kier molecular flexibility index (Phi) is 3.43. The number of hydrogen-bond donors (Lipinski definition) is 1. The Labute approximate surface area is 119 Å². The van der Waals surface area contributed by atoms with Gasteiger partial charge >= 0.3 is 0 Å². The molecule has 3 rings (SSSR count). The van der Waals surface area contributed by atoms with Crippen LogP contribution in [-0.4, -0.2) is 12.7 Å². The Balaban J connectivity index is 1.72. The first kappa shape index (κ1) is 13.4. The highest BCUT2D eigenvalue weighted by molar-refractivity contribution is 5.94. The van der Waals surface area contributed by atoms with Gasteiger partial charge in [0.15, 0.2) is 23.1 Å². The molecular weight excluding hydrogens is 280 g/mol. The van der Waals surface area contributed by atoms with E-state index in [1.165, 1.54) is 6.07 Å². The van der Waals surface area contributed by atoms with Crippen molar-refractivity contribution >= 4 is 5.91 Å². The summed E-state index contributed by atoms with van der Waals surface area (Å²) >= 11 is 0. The fourth-order valence-electron chi connectivity index (χ4n) is 2.04. The summed E-state index contributed by atoms with van der Waals surface area (Å²) in [6.07, 6.45) is 0. The summed E-state index contributed by atoms with van der Waals surface area (Å²) < 4.78 is 36.5. The molecule has 0 radical (unpaired) electrons. The van der Waals surface area contributed by atoms with Gasteiger partial charge in [-0.1, -0.05) is 12.1 Å². The second kappa shape index (κ2) is 5.40. The second-order valence-corrected chi connectivity index (χ2v) is 4.46. The van der Waals surface area contributed by atoms with E-state index in [9.17, 15) is 13.6 Å². The van der Waals surface area contributed by atoms with E-state index in [-0.39, 0.29) is 18.9 Å². The molecule has 1 aliphatic heterocycles. The molecule has 2 aromatic rings. The first-order valence-electron chi connectivity index (χ1n) is 6.26. The quantitative estimate of drug-likeness (QED) is 0.945. The highest BCUT2D eigenvalue weighted by Crippen LogP contribution is 2.35. The number of rotatable bonds is 3. The van der Waals surface area contributed by atoms with Crippen LogP contribution in [0.5, 0.6) is 11.5 Å². The molecule has 2 aromatic carbocycles. The Morgan fingerprint density at radius 1 is 1.14 bits per heavy atom. The molecule has 0 aromatic heterocycles. The van der Waals surface area contributed by atoms with Crippen molar-refractivity contribution in [2.45, 2.75) is 6.54 Å². The molecule has 1 N–H and O–H groups in total. The van der Waals surface area contributed by atoms with E-state index in [0.29, 0.717) is 11.5 Å². The monoisotopic (exact) mass is 291 g/mol. The fourth-order valence-corrected chi connectivity index (χ4v) is 2.04. The van der Waals surface area contributed by atoms with E-state index >= 15 is 0 Å².